The molecule has 1 aliphatic carbocycles. The SMILES string of the molecule is Cc1ccc(C(=O)N2CCC(NC(=O)C3(N)CC3)CC2)cc1. The molecule has 3 rings (SSSR count). The van der Waals surface area contributed by atoms with E-state index in [4.69, 9.17) is 5.73 Å². The monoisotopic (exact) mass is 301 g/mol. The summed E-state index contributed by atoms with van der Waals surface area (Å²) in [7, 11) is 0. The summed E-state index contributed by atoms with van der Waals surface area (Å²) in [5.74, 6) is 0.0399. The number of hydrogen-bond acceptors (Lipinski definition) is 3. The van der Waals surface area contributed by atoms with E-state index >= 15 is 0 Å². The van der Waals surface area contributed by atoms with Gasteiger partial charge in [0, 0.05) is 24.7 Å². The first-order valence-electron chi connectivity index (χ1n) is 7.94. The lowest BCUT2D eigenvalue weighted by Crippen LogP contribution is -2.51. The summed E-state index contributed by atoms with van der Waals surface area (Å²) >= 11 is 0. The number of nitrogens with two attached hydrogens (primary N) is 1. The fraction of sp³-hybridized carbons (Fsp3) is 0.529. The van der Waals surface area contributed by atoms with Crippen molar-refractivity contribution in [3.63, 3.8) is 0 Å². The molecule has 2 amide bonds. The Morgan fingerprint density at radius 2 is 1.77 bits per heavy atom. The predicted octanol–water partition coefficient (Wildman–Crippen LogP) is 1.21. The highest BCUT2D eigenvalue weighted by atomic mass is 16.2. The molecule has 118 valence electrons. The molecular formula is C17H23N3O2. The largest absolute Gasteiger partial charge is 0.352 e. The third kappa shape index (κ3) is 3.14. The van der Waals surface area contributed by atoms with Crippen LogP contribution >= 0.6 is 0 Å². The Bertz CT molecular complexity index is 570. The third-order valence-electron chi connectivity index (χ3n) is 4.66. The van der Waals surface area contributed by atoms with Crippen LogP contribution in [0.2, 0.25) is 0 Å². The zero-order chi connectivity index (χ0) is 15.7. The molecule has 22 heavy (non-hydrogen) atoms. The van der Waals surface area contributed by atoms with E-state index in [1.165, 1.54) is 0 Å². The molecule has 1 aromatic carbocycles. The first kappa shape index (κ1) is 15.0. The second-order valence-corrected chi connectivity index (χ2v) is 6.56. The van der Waals surface area contributed by atoms with E-state index in [0.717, 1.165) is 36.8 Å². The van der Waals surface area contributed by atoms with Crippen LogP contribution in [0.15, 0.2) is 24.3 Å². The number of nitrogens with one attached hydrogen (secondary N) is 1. The molecule has 5 nitrogen and oxygen atoms in total. The average Bonchev–Trinajstić information content (AvgIpc) is 3.27. The third-order valence-corrected chi connectivity index (χ3v) is 4.66. The van der Waals surface area contributed by atoms with E-state index in [1.54, 1.807) is 0 Å². The highest BCUT2D eigenvalue weighted by Gasteiger charge is 2.46. The highest BCUT2D eigenvalue weighted by molar-refractivity contribution is 5.94. The van der Waals surface area contributed by atoms with Crippen LogP contribution < -0.4 is 11.1 Å². The van der Waals surface area contributed by atoms with Crippen molar-refractivity contribution in [2.45, 2.75) is 44.2 Å². The van der Waals surface area contributed by atoms with Gasteiger partial charge >= 0.3 is 0 Å². The van der Waals surface area contributed by atoms with Crippen molar-refractivity contribution < 1.29 is 9.59 Å². The van der Waals surface area contributed by atoms with Gasteiger partial charge in [-0.15, -0.1) is 0 Å². The molecule has 2 aliphatic rings. The number of nitrogens with zero attached hydrogens (tertiary/aromatic N) is 1. The van der Waals surface area contributed by atoms with Crippen LogP contribution in [0.5, 0.6) is 0 Å². The smallest absolute Gasteiger partial charge is 0.253 e. The summed E-state index contributed by atoms with van der Waals surface area (Å²) in [6.07, 6.45) is 3.14. The van der Waals surface area contributed by atoms with Gasteiger partial charge < -0.3 is 16.0 Å². The summed E-state index contributed by atoms with van der Waals surface area (Å²) in [6.45, 7) is 3.36. The van der Waals surface area contributed by atoms with Crippen molar-refractivity contribution in [2.75, 3.05) is 13.1 Å². The fourth-order valence-electron chi connectivity index (χ4n) is 2.80. The topological polar surface area (TPSA) is 75.4 Å². The molecule has 1 heterocycles. The number of hydrogen-bond donors (Lipinski definition) is 2. The number of rotatable bonds is 3. The van der Waals surface area contributed by atoms with E-state index in [9.17, 15) is 9.59 Å². The van der Waals surface area contributed by atoms with E-state index in [1.807, 2.05) is 36.1 Å². The Balaban J connectivity index is 1.52. The molecule has 1 aliphatic heterocycles. The molecule has 0 spiro atoms. The van der Waals surface area contributed by atoms with Crippen LogP contribution in [0.25, 0.3) is 0 Å². The first-order valence-corrected chi connectivity index (χ1v) is 7.94. The molecule has 0 atom stereocenters. The normalized spacial score (nSPS) is 20.5. The molecular weight excluding hydrogens is 278 g/mol. The number of carbonyl (C=O) groups is 2. The maximum absolute atomic E-state index is 12.4. The molecule has 5 heteroatoms. The predicted molar refractivity (Wildman–Crippen MR) is 84.4 cm³/mol. The van der Waals surface area contributed by atoms with Crippen molar-refractivity contribution in [2.24, 2.45) is 5.73 Å². The van der Waals surface area contributed by atoms with Gasteiger partial charge in [-0.05, 0) is 44.7 Å². The van der Waals surface area contributed by atoms with Gasteiger partial charge in [-0.3, -0.25) is 9.59 Å². The van der Waals surface area contributed by atoms with Crippen LogP contribution in [0.1, 0.15) is 41.6 Å². The van der Waals surface area contributed by atoms with Gasteiger partial charge in [0.05, 0.1) is 5.54 Å². The quantitative estimate of drug-likeness (QED) is 0.881. The van der Waals surface area contributed by atoms with Gasteiger partial charge in [-0.25, -0.2) is 0 Å². The number of carbonyl (C=O) groups excluding carboxylic acids is 2. The molecule has 1 aromatic rings. The Morgan fingerprint density at radius 1 is 1.18 bits per heavy atom. The summed E-state index contributed by atoms with van der Waals surface area (Å²) in [5.41, 5.74) is 7.15. The Kier molecular flexibility index (Phi) is 3.91. The van der Waals surface area contributed by atoms with Crippen LogP contribution in [-0.4, -0.2) is 41.4 Å². The van der Waals surface area contributed by atoms with Crippen LogP contribution in [0.3, 0.4) is 0 Å². The van der Waals surface area contributed by atoms with E-state index in [0.29, 0.717) is 13.1 Å². The lowest BCUT2D eigenvalue weighted by Gasteiger charge is -2.33. The first-order chi connectivity index (χ1) is 10.5. The Labute approximate surface area is 130 Å². The number of amides is 2. The second kappa shape index (κ2) is 5.72. The standard InChI is InChI=1S/C17H23N3O2/c1-12-2-4-13(5-3-12)15(21)20-10-6-14(7-11-20)19-16(22)17(18)8-9-17/h2-5,14H,6-11,18H2,1H3,(H,19,22). The van der Waals surface area contributed by atoms with Crippen LogP contribution in [0, 0.1) is 6.92 Å². The number of benzene rings is 1. The fourth-order valence-corrected chi connectivity index (χ4v) is 2.80. The van der Waals surface area contributed by atoms with Gasteiger partial charge in [0.2, 0.25) is 5.91 Å². The van der Waals surface area contributed by atoms with Gasteiger partial charge in [-0.1, -0.05) is 17.7 Å². The van der Waals surface area contributed by atoms with Crippen LogP contribution in [-0.2, 0) is 4.79 Å². The molecule has 1 saturated carbocycles. The zero-order valence-electron chi connectivity index (χ0n) is 13.0. The summed E-state index contributed by atoms with van der Waals surface area (Å²) < 4.78 is 0. The number of likely N-dealkylation sites (tertiary alicyclic amines) is 1. The number of piperidine rings is 1. The molecule has 0 unspecified atom stereocenters. The van der Waals surface area contributed by atoms with Gasteiger partial charge in [0.25, 0.3) is 5.91 Å². The molecule has 2 fully saturated rings. The second-order valence-electron chi connectivity index (χ2n) is 6.56. The van der Waals surface area contributed by atoms with E-state index < -0.39 is 5.54 Å². The summed E-state index contributed by atoms with van der Waals surface area (Å²) in [5, 5.41) is 3.03. The molecule has 0 radical (unpaired) electrons. The van der Waals surface area contributed by atoms with Crippen molar-refractivity contribution in [1.29, 1.82) is 0 Å². The van der Waals surface area contributed by atoms with Crippen molar-refractivity contribution in [3.05, 3.63) is 35.4 Å². The lowest BCUT2D eigenvalue weighted by atomic mass is 10.0. The molecule has 1 saturated heterocycles. The van der Waals surface area contributed by atoms with Gasteiger partial charge in [0.1, 0.15) is 0 Å². The maximum Gasteiger partial charge on any atom is 0.253 e. The Hall–Kier alpha value is -1.88. The molecule has 0 aromatic heterocycles. The van der Waals surface area contributed by atoms with Crippen LogP contribution in [0.4, 0.5) is 0 Å². The Morgan fingerprint density at radius 3 is 2.32 bits per heavy atom. The minimum Gasteiger partial charge on any atom is -0.352 e. The highest BCUT2D eigenvalue weighted by Crippen LogP contribution is 2.32. The lowest BCUT2D eigenvalue weighted by molar-refractivity contribution is -0.124. The van der Waals surface area contributed by atoms with Crippen molar-refractivity contribution in [1.82, 2.24) is 10.2 Å². The minimum atomic E-state index is -0.616. The number of aryl methyl sites for hydroxylation is 1. The van der Waals surface area contributed by atoms with Crippen molar-refractivity contribution >= 4 is 11.8 Å². The van der Waals surface area contributed by atoms with Gasteiger partial charge in [-0.2, -0.15) is 0 Å². The average molecular weight is 301 g/mol. The van der Waals surface area contributed by atoms with E-state index in [2.05, 4.69) is 5.32 Å². The minimum absolute atomic E-state index is 0.0317. The maximum atomic E-state index is 12.4. The zero-order valence-corrected chi connectivity index (χ0v) is 13.0. The van der Waals surface area contributed by atoms with E-state index in [-0.39, 0.29) is 17.9 Å². The summed E-state index contributed by atoms with van der Waals surface area (Å²) in [4.78, 5) is 26.2. The molecule has 0 bridgehead atoms. The van der Waals surface area contributed by atoms with Gasteiger partial charge in [0.15, 0.2) is 0 Å². The summed E-state index contributed by atoms with van der Waals surface area (Å²) in [6, 6.07) is 7.79. The van der Waals surface area contributed by atoms with Crippen molar-refractivity contribution in [3.8, 4) is 0 Å². The molecule has 3 N–H and O–H groups in total.